The summed E-state index contributed by atoms with van der Waals surface area (Å²) in [7, 11) is 0. The van der Waals surface area contributed by atoms with Crippen molar-refractivity contribution in [2.75, 3.05) is 5.73 Å². The number of aryl methyl sites for hydroxylation is 1. The van der Waals surface area contributed by atoms with Crippen LogP contribution in [0.5, 0.6) is 0 Å². The number of hydrogen-bond acceptors (Lipinski definition) is 5. The van der Waals surface area contributed by atoms with Gasteiger partial charge in [-0.1, -0.05) is 0 Å². The lowest BCUT2D eigenvalue weighted by Crippen LogP contribution is -2.39. The SMILES string of the molecule is Cc1ncc(N)cc1-c1cnc(C2CC(C)(O)C2)c(C#N)c1. The average Bonchev–Trinajstić information content (AvgIpc) is 2.46. The fourth-order valence-electron chi connectivity index (χ4n) is 3.07. The number of hydrogen-bond donors (Lipinski definition) is 2. The molecule has 3 N–H and O–H groups in total. The van der Waals surface area contributed by atoms with Crippen molar-refractivity contribution in [2.45, 2.75) is 38.2 Å². The quantitative estimate of drug-likeness (QED) is 0.887. The standard InChI is InChI=1S/C17H18N4O/c1-10-15(4-14(19)9-20-10)12-3-11(7-18)16(21-8-12)13-5-17(2,22)6-13/h3-4,8-9,13,22H,5-6,19H2,1-2H3. The van der Waals surface area contributed by atoms with Crippen LogP contribution in [-0.4, -0.2) is 20.7 Å². The molecular weight excluding hydrogens is 276 g/mol. The van der Waals surface area contributed by atoms with E-state index in [9.17, 15) is 10.4 Å². The van der Waals surface area contributed by atoms with E-state index in [1.807, 2.05) is 26.0 Å². The molecule has 0 saturated heterocycles. The molecule has 0 spiro atoms. The van der Waals surface area contributed by atoms with E-state index >= 15 is 0 Å². The highest BCUT2D eigenvalue weighted by Gasteiger charge is 2.40. The second-order valence-electron chi connectivity index (χ2n) is 6.27. The predicted octanol–water partition coefficient (Wildman–Crippen LogP) is 2.53. The number of aromatic nitrogens is 2. The summed E-state index contributed by atoms with van der Waals surface area (Å²) < 4.78 is 0. The van der Waals surface area contributed by atoms with E-state index in [2.05, 4.69) is 16.0 Å². The Bertz CT molecular complexity index is 769. The van der Waals surface area contributed by atoms with Gasteiger partial charge in [-0.05, 0) is 38.8 Å². The first-order valence-corrected chi connectivity index (χ1v) is 7.24. The third-order valence-corrected chi connectivity index (χ3v) is 4.22. The number of rotatable bonds is 2. The molecule has 0 bridgehead atoms. The first-order chi connectivity index (χ1) is 10.4. The number of pyridine rings is 2. The fraction of sp³-hybridized carbons (Fsp3) is 0.353. The Morgan fingerprint density at radius 2 is 2.05 bits per heavy atom. The molecule has 2 aromatic heterocycles. The molecule has 0 radical (unpaired) electrons. The van der Waals surface area contributed by atoms with E-state index in [0.29, 0.717) is 24.1 Å². The van der Waals surface area contributed by atoms with Gasteiger partial charge < -0.3 is 10.8 Å². The van der Waals surface area contributed by atoms with Gasteiger partial charge in [0, 0.05) is 28.9 Å². The molecule has 2 heterocycles. The molecule has 1 aliphatic rings. The molecule has 0 aliphatic heterocycles. The van der Waals surface area contributed by atoms with Crippen molar-refractivity contribution < 1.29 is 5.11 Å². The smallest absolute Gasteiger partial charge is 0.101 e. The average molecular weight is 294 g/mol. The van der Waals surface area contributed by atoms with Crippen molar-refractivity contribution in [3.63, 3.8) is 0 Å². The van der Waals surface area contributed by atoms with Gasteiger partial charge in [0.2, 0.25) is 0 Å². The molecule has 0 aromatic carbocycles. The Morgan fingerprint density at radius 3 is 2.68 bits per heavy atom. The lowest BCUT2D eigenvalue weighted by molar-refractivity contribution is -0.0323. The van der Waals surface area contributed by atoms with E-state index in [4.69, 9.17) is 5.73 Å². The largest absolute Gasteiger partial charge is 0.397 e. The summed E-state index contributed by atoms with van der Waals surface area (Å²) in [5.74, 6) is 0.152. The third-order valence-electron chi connectivity index (χ3n) is 4.22. The van der Waals surface area contributed by atoms with Crippen LogP contribution in [0.15, 0.2) is 24.5 Å². The van der Waals surface area contributed by atoms with Crippen LogP contribution in [-0.2, 0) is 0 Å². The van der Waals surface area contributed by atoms with Crippen molar-refractivity contribution in [3.8, 4) is 17.2 Å². The second kappa shape index (κ2) is 5.08. The predicted molar refractivity (Wildman–Crippen MR) is 83.9 cm³/mol. The molecule has 3 rings (SSSR count). The summed E-state index contributed by atoms with van der Waals surface area (Å²) in [4.78, 5) is 8.73. The number of nitrogens with zero attached hydrogens (tertiary/aromatic N) is 3. The van der Waals surface area contributed by atoms with Gasteiger partial charge >= 0.3 is 0 Å². The molecule has 5 nitrogen and oxygen atoms in total. The minimum absolute atomic E-state index is 0.152. The number of nitrogen functional groups attached to an aromatic ring is 1. The van der Waals surface area contributed by atoms with Gasteiger partial charge in [-0.3, -0.25) is 9.97 Å². The summed E-state index contributed by atoms with van der Waals surface area (Å²) >= 11 is 0. The van der Waals surface area contributed by atoms with Gasteiger partial charge in [0.25, 0.3) is 0 Å². The maximum atomic E-state index is 9.88. The van der Waals surface area contributed by atoms with Crippen molar-refractivity contribution in [1.82, 2.24) is 9.97 Å². The summed E-state index contributed by atoms with van der Waals surface area (Å²) in [6.45, 7) is 3.71. The molecule has 0 amide bonds. The fourth-order valence-corrected chi connectivity index (χ4v) is 3.07. The molecule has 1 aliphatic carbocycles. The summed E-state index contributed by atoms with van der Waals surface area (Å²) in [5.41, 5.74) is 9.64. The molecule has 0 unspecified atom stereocenters. The molecule has 112 valence electrons. The third kappa shape index (κ3) is 2.53. The second-order valence-corrected chi connectivity index (χ2v) is 6.27. The normalized spacial score (nSPS) is 23.6. The van der Waals surface area contributed by atoms with Crippen LogP contribution < -0.4 is 5.73 Å². The minimum atomic E-state index is -0.633. The van der Waals surface area contributed by atoms with E-state index in [-0.39, 0.29) is 5.92 Å². The Balaban J connectivity index is 1.99. The Morgan fingerprint density at radius 1 is 1.32 bits per heavy atom. The van der Waals surface area contributed by atoms with Crippen LogP contribution in [0.3, 0.4) is 0 Å². The van der Waals surface area contributed by atoms with Crippen LogP contribution in [0.4, 0.5) is 5.69 Å². The lowest BCUT2D eigenvalue weighted by Gasteiger charge is -2.40. The van der Waals surface area contributed by atoms with Gasteiger partial charge in [-0.15, -0.1) is 0 Å². The summed E-state index contributed by atoms with van der Waals surface area (Å²) in [5, 5.41) is 19.3. The highest BCUT2D eigenvalue weighted by molar-refractivity contribution is 5.69. The monoisotopic (exact) mass is 294 g/mol. The number of nitriles is 1. The van der Waals surface area contributed by atoms with Gasteiger partial charge in [0.15, 0.2) is 0 Å². The summed E-state index contributed by atoms with van der Waals surface area (Å²) in [6.07, 6.45) is 4.66. The van der Waals surface area contributed by atoms with Crippen LogP contribution in [0.25, 0.3) is 11.1 Å². The Labute approximate surface area is 129 Å². The van der Waals surface area contributed by atoms with Crippen molar-refractivity contribution >= 4 is 5.69 Å². The lowest BCUT2D eigenvalue weighted by atomic mass is 9.70. The van der Waals surface area contributed by atoms with E-state index in [1.165, 1.54) is 0 Å². The van der Waals surface area contributed by atoms with Crippen molar-refractivity contribution in [2.24, 2.45) is 0 Å². The van der Waals surface area contributed by atoms with E-state index in [1.54, 1.807) is 12.4 Å². The molecule has 5 heteroatoms. The molecule has 1 saturated carbocycles. The number of nitrogens with two attached hydrogens (primary N) is 1. The van der Waals surface area contributed by atoms with Crippen LogP contribution >= 0.6 is 0 Å². The van der Waals surface area contributed by atoms with Crippen LogP contribution in [0.1, 0.15) is 42.6 Å². The topological polar surface area (TPSA) is 95.8 Å². The zero-order chi connectivity index (χ0) is 15.9. The van der Waals surface area contributed by atoms with Gasteiger partial charge in [-0.2, -0.15) is 5.26 Å². The zero-order valence-corrected chi connectivity index (χ0v) is 12.7. The zero-order valence-electron chi connectivity index (χ0n) is 12.7. The maximum absolute atomic E-state index is 9.88. The Kier molecular flexibility index (Phi) is 3.34. The van der Waals surface area contributed by atoms with Gasteiger partial charge in [0.05, 0.1) is 28.7 Å². The number of anilines is 1. The molecule has 2 aromatic rings. The highest BCUT2D eigenvalue weighted by atomic mass is 16.3. The van der Waals surface area contributed by atoms with Crippen molar-refractivity contribution in [3.05, 3.63) is 41.5 Å². The van der Waals surface area contributed by atoms with E-state index < -0.39 is 5.60 Å². The minimum Gasteiger partial charge on any atom is -0.397 e. The van der Waals surface area contributed by atoms with Gasteiger partial charge in [0.1, 0.15) is 6.07 Å². The first-order valence-electron chi connectivity index (χ1n) is 7.24. The molecule has 0 atom stereocenters. The van der Waals surface area contributed by atoms with Crippen LogP contribution in [0, 0.1) is 18.3 Å². The summed E-state index contributed by atoms with van der Waals surface area (Å²) in [6, 6.07) is 5.89. The van der Waals surface area contributed by atoms with Gasteiger partial charge in [-0.25, -0.2) is 0 Å². The van der Waals surface area contributed by atoms with E-state index in [0.717, 1.165) is 22.5 Å². The highest BCUT2D eigenvalue weighted by Crippen LogP contribution is 2.44. The Hall–Kier alpha value is -2.45. The molecule has 1 fully saturated rings. The maximum Gasteiger partial charge on any atom is 0.101 e. The van der Waals surface area contributed by atoms with Crippen molar-refractivity contribution in [1.29, 1.82) is 5.26 Å². The van der Waals surface area contributed by atoms with Crippen LogP contribution in [0.2, 0.25) is 0 Å². The molecule has 22 heavy (non-hydrogen) atoms. The first kappa shape index (κ1) is 14.5. The molecular formula is C17H18N4O. The number of aliphatic hydroxyl groups is 1.